The average molecular weight is 488 g/mol. The SMILES string of the molecule is COc1ccc([C@H]2C3=C(C[C@@H](c4ccccc4)CC3=O)N=C(C)C2C(=O)OC2CCCC2)cc1OC. The van der Waals surface area contributed by atoms with E-state index in [1.165, 1.54) is 0 Å². The first kappa shape index (κ1) is 24.3. The number of benzene rings is 2. The summed E-state index contributed by atoms with van der Waals surface area (Å²) in [5, 5.41) is 0. The summed E-state index contributed by atoms with van der Waals surface area (Å²) in [6.07, 6.45) is 4.92. The Labute approximate surface area is 212 Å². The Hall–Kier alpha value is -3.41. The Balaban J connectivity index is 1.57. The molecule has 2 aromatic rings. The van der Waals surface area contributed by atoms with E-state index in [2.05, 4.69) is 12.1 Å². The second-order valence-electron chi connectivity index (χ2n) is 9.97. The first-order valence-electron chi connectivity index (χ1n) is 12.8. The molecule has 1 aliphatic heterocycles. The summed E-state index contributed by atoms with van der Waals surface area (Å²) in [7, 11) is 3.17. The van der Waals surface area contributed by atoms with Crippen molar-refractivity contribution < 1.29 is 23.8 Å². The number of methoxy groups -OCH3 is 2. The number of carbonyl (C=O) groups excluding carboxylic acids is 2. The average Bonchev–Trinajstić information content (AvgIpc) is 3.40. The molecule has 6 heteroatoms. The van der Waals surface area contributed by atoms with Crippen molar-refractivity contribution in [3.63, 3.8) is 0 Å². The first-order valence-corrected chi connectivity index (χ1v) is 12.8. The third kappa shape index (κ3) is 4.57. The smallest absolute Gasteiger partial charge is 0.315 e. The molecule has 0 bridgehead atoms. The van der Waals surface area contributed by atoms with Gasteiger partial charge in [0.1, 0.15) is 12.0 Å². The number of nitrogens with zero attached hydrogens (tertiary/aromatic N) is 1. The van der Waals surface area contributed by atoms with Crippen molar-refractivity contribution in [3.8, 4) is 11.5 Å². The van der Waals surface area contributed by atoms with Crippen LogP contribution in [0.5, 0.6) is 11.5 Å². The number of aliphatic imine (C=N–C) groups is 1. The van der Waals surface area contributed by atoms with Crippen LogP contribution in [0.15, 0.2) is 64.8 Å². The second-order valence-corrected chi connectivity index (χ2v) is 9.97. The van der Waals surface area contributed by atoms with Crippen molar-refractivity contribution >= 4 is 17.5 Å². The van der Waals surface area contributed by atoms with Crippen LogP contribution in [0.3, 0.4) is 0 Å². The molecule has 0 saturated heterocycles. The molecule has 3 aliphatic rings. The maximum Gasteiger partial charge on any atom is 0.315 e. The highest BCUT2D eigenvalue weighted by Gasteiger charge is 2.45. The van der Waals surface area contributed by atoms with Crippen molar-refractivity contribution in [1.29, 1.82) is 0 Å². The summed E-state index contributed by atoms with van der Waals surface area (Å²) in [6.45, 7) is 1.88. The van der Waals surface area contributed by atoms with Crippen molar-refractivity contribution in [3.05, 3.63) is 70.9 Å². The number of hydrogen-bond acceptors (Lipinski definition) is 6. The van der Waals surface area contributed by atoms with Gasteiger partial charge in [-0.1, -0.05) is 36.4 Å². The maximum absolute atomic E-state index is 13.8. The number of ketones is 1. The molecule has 0 aromatic heterocycles. The molecular weight excluding hydrogens is 454 g/mol. The lowest BCUT2D eigenvalue weighted by Gasteiger charge is -2.37. The van der Waals surface area contributed by atoms with Gasteiger partial charge in [0.15, 0.2) is 17.3 Å². The lowest BCUT2D eigenvalue weighted by Crippen LogP contribution is -2.39. The fourth-order valence-corrected chi connectivity index (χ4v) is 5.98. The summed E-state index contributed by atoms with van der Waals surface area (Å²) >= 11 is 0. The molecule has 2 aliphatic carbocycles. The van der Waals surface area contributed by atoms with Crippen molar-refractivity contribution in [1.82, 2.24) is 0 Å². The highest BCUT2D eigenvalue weighted by Crippen LogP contribution is 2.48. The van der Waals surface area contributed by atoms with Gasteiger partial charge in [0, 0.05) is 29.3 Å². The van der Waals surface area contributed by atoms with Crippen molar-refractivity contribution in [2.24, 2.45) is 10.9 Å². The largest absolute Gasteiger partial charge is 0.493 e. The highest BCUT2D eigenvalue weighted by atomic mass is 16.5. The number of carbonyl (C=O) groups is 2. The van der Waals surface area contributed by atoms with Gasteiger partial charge >= 0.3 is 5.97 Å². The molecule has 6 nitrogen and oxygen atoms in total. The topological polar surface area (TPSA) is 74.2 Å². The Morgan fingerprint density at radius 2 is 1.64 bits per heavy atom. The van der Waals surface area contributed by atoms with E-state index in [1.807, 2.05) is 43.3 Å². The standard InChI is InChI=1S/C30H33NO5/c1-18-27(30(33)36-22-11-7-8-12-22)28(20-13-14-25(34-2)26(17-20)35-3)29-23(31-18)15-21(16-24(29)32)19-9-5-4-6-10-19/h4-6,9-10,13-14,17,21-22,27-28H,7-8,11-12,15-16H2,1-3H3/t21-,27?,28-/m1/s1. The van der Waals surface area contributed by atoms with E-state index in [-0.39, 0.29) is 23.8 Å². The van der Waals surface area contributed by atoms with Gasteiger partial charge in [-0.3, -0.25) is 14.6 Å². The molecule has 0 spiro atoms. The van der Waals surface area contributed by atoms with Crippen LogP contribution in [0.25, 0.3) is 0 Å². The fraction of sp³-hybridized carbons (Fsp3) is 0.433. The number of Topliss-reactive ketones (excluding diaryl/α,β-unsaturated/α-hetero) is 1. The van der Waals surface area contributed by atoms with E-state index in [9.17, 15) is 9.59 Å². The second kappa shape index (κ2) is 10.3. The van der Waals surface area contributed by atoms with E-state index in [4.69, 9.17) is 19.2 Å². The summed E-state index contributed by atoms with van der Waals surface area (Å²) < 4.78 is 17.0. The van der Waals surface area contributed by atoms with Crippen LogP contribution in [0.4, 0.5) is 0 Å². The van der Waals surface area contributed by atoms with E-state index >= 15 is 0 Å². The van der Waals surface area contributed by atoms with Crippen molar-refractivity contribution in [2.75, 3.05) is 14.2 Å². The summed E-state index contributed by atoms with van der Waals surface area (Å²) in [5.41, 5.74) is 4.07. The third-order valence-electron chi connectivity index (χ3n) is 7.77. The van der Waals surface area contributed by atoms with Crippen LogP contribution in [-0.2, 0) is 14.3 Å². The normalized spacial score (nSPS) is 24.2. The van der Waals surface area contributed by atoms with Gasteiger partial charge in [-0.2, -0.15) is 0 Å². The van der Waals surface area contributed by atoms with Gasteiger partial charge in [0.05, 0.1) is 14.2 Å². The number of rotatable bonds is 6. The fourth-order valence-electron chi connectivity index (χ4n) is 5.98. The molecule has 0 amide bonds. The van der Waals surface area contributed by atoms with Crippen LogP contribution in [0, 0.1) is 5.92 Å². The Kier molecular flexibility index (Phi) is 6.95. The molecule has 1 unspecified atom stereocenters. The maximum atomic E-state index is 13.8. The zero-order valence-electron chi connectivity index (χ0n) is 21.2. The summed E-state index contributed by atoms with van der Waals surface area (Å²) in [4.78, 5) is 32.2. The summed E-state index contributed by atoms with van der Waals surface area (Å²) in [5.74, 6) is -0.157. The van der Waals surface area contributed by atoms with Gasteiger partial charge in [-0.15, -0.1) is 0 Å². The van der Waals surface area contributed by atoms with Crippen LogP contribution < -0.4 is 9.47 Å². The molecule has 1 saturated carbocycles. The number of allylic oxidation sites excluding steroid dienone is 2. The molecule has 36 heavy (non-hydrogen) atoms. The predicted octanol–water partition coefficient (Wildman–Crippen LogP) is 5.76. The van der Waals surface area contributed by atoms with Gasteiger partial charge in [0.2, 0.25) is 0 Å². The molecule has 0 N–H and O–H groups in total. The van der Waals surface area contributed by atoms with Crippen molar-refractivity contribution in [2.45, 2.75) is 63.4 Å². The molecular formula is C30H33NO5. The lowest BCUT2D eigenvalue weighted by atomic mass is 9.69. The monoisotopic (exact) mass is 487 g/mol. The Morgan fingerprint density at radius 3 is 2.33 bits per heavy atom. The van der Waals surface area contributed by atoms with E-state index in [1.54, 1.807) is 14.2 Å². The van der Waals surface area contributed by atoms with E-state index in [0.717, 1.165) is 42.5 Å². The van der Waals surface area contributed by atoms with Gasteiger partial charge in [-0.25, -0.2) is 0 Å². The molecule has 1 fully saturated rings. The predicted molar refractivity (Wildman–Crippen MR) is 138 cm³/mol. The number of hydrogen-bond donors (Lipinski definition) is 0. The molecule has 3 atom stereocenters. The van der Waals surface area contributed by atoms with E-state index < -0.39 is 11.8 Å². The Morgan fingerprint density at radius 1 is 0.917 bits per heavy atom. The molecule has 5 rings (SSSR count). The highest BCUT2D eigenvalue weighted by molar-refractivity contribution is 6.09. The Bertz CT molecular complexity index is 1210. The van der Waals surface area contributed by atoms with Crippen LogP contribution in [-0.4, -0.2) is 37.8 Å². The van der Waals surface area contributed by atoms with Gasteiger partial charge in [0.25, 0.3) is 0 Å². The number of ether oxygens (including phenoxy) is 3. The minimum atomic E-state index is -0.653. The molecule has 2 aromatic carbocycles. The molecule has 0 radical (unpaired) electrons. The lowest BCUT2D eigenvalue weighted by molar-refractivity contribution is -0.151. The minimum absolute atomic E-state index is 0.0415. The van der Waals surface area contributed by atoms with Crippen LogP contribution in [0.1, 0.15) is 68.4 Å². The minimum Gasteiger partial charge on any atom is -0.493 e. The number of esters is 1. The van der Waals surface area contributed by atoms with Crippen LogP contribution >= 0.6 is 0 Å². The van der Waals surface area contributed by atoms with Gasteiger partial charge < -0.3 is 14.2 Å². The quantitative estimate of drug-likeness (QED) is 0.484. The van der Waals surface area contributed by atoms with Crippen LogP contribution in [0.2, 0.25) is 0 Å². The molecule has 1 heterocycles. The summed E-state index contributed by atoms with van der Waals surface area (Å²) in [6, 6.07) is 15.7. The first-order chi connectivity index (χ1) is 17.5. The third-order valence-corrected chi connectivity index (χ3v) is 7.77. The van der Waals surface area contributed by atoms with E-state index in [0.29, 0.717) is 35.6 Å². The zero-order valence-corrected chi connectivity index (χ0v) is 21.2. The molecule has 188 valence electrons. The zero-order chi connectivity index (χ0) is 25.2. The van der Waals surface area contributed by atoms with Gasteiger partial charge in [-0.05, 0) is 68.2 Å².